The summed E-state index contributed by atoms with van der Waals surface area (Å²) in [5.74, 6) is -1.24. The van der Waals surface area contributed by atoms with Gasteiger partial charge >= 0.3 is 0 Å². The molecule has 0 atom stereocenters. The van der Waals surface area contributed by atoms with Gasteiger partial charge in [0.1, 0.15) is 5.82 Å². The average Bonchev–Trinajstić information content (AvgIpc) is 2.92. The van der Waals surface area contributed by atoms with Crippen LogP contribution in [0.15, 0.2) is 88.7 Å². The Morgan fingerprint density at radius 1 is 0.786 bits per heavy atom. The lowest BCUT2D eigenvalue weighted by Gasteiger charge is -2.11. The fourth-order valence-electron chi connectivity index (χ4n) is 3.02. The Morgan fingerprint density at radius 2 is 1.43 bits per heavy atom. The van der Waals surface area contributed by atoms with Crippen LogP contribution in [0.25, 0.3) is 5.70 Å². The minimum Gasteiger partial charge on any atom is -0.354 e. The third kappa shape index (κ3) is 3.16. The zero-order valence-corrected chi connectivity index (χ0v) is 15.3. The number of hydrogen-bond acceptors (Lipinski definition) is 4. The topological polar surface area (TPSA) is 75.3 Å². The van der Waals surface area contributed by atoms with E-state index in [9.17, 15) is 17.6 Å². The fraction of sp³-hybridized carbons (Fsp3) is 0. The molecule has 140 valence electrons. The number of benzene rings is 3. The van der Waals surface area contributed by atoms with Gasteiger partial charge in [-0.3, -0.25) is 4.79 Å². The fourth-order valence-corrected chi connectivity index (χ4v) is 4.68. The molecule has 2 N–H and O–H groups in total. The highest BCUT2D eigenvalue weighted by molar-refractivity contribution is 7.97. The second-order valence-corrected chi connectivity index (χ2v) is 8.01. The first-order valence-corrected chi connectivity index (χ1v) is 9.93. The summed E-state index contributed by atoms with van der Waals surface area (Å²) in [6.45, 7) is 0. The van der Waals surface area contributed by atoms with Gasteiger partial charge < -0.3 is 10.6 Å². The zero-order valence-electron chi connectivity index (χ0n) is 14.5. The monoisotopic (exact) mass is 394 g/mol. The summed E-state index contributed by atoms with van der Waals surface area (Å²) in [5, 5.41) is 5.59. The van der Waals surface area contributed by atoms with Crippen molar-refractivity contribution in [2.75, 3.05) is 10.6 Å². The number of hydrogen-bond donors (Lipinski definition) is 2. The maximum Gasteiger partial charge on any atom is 0.269 e. The Kier molecular flexibility index (Phi) is 4.44. The number of amides is 1. The van der Waals surface area contributed by atoms with E-state index in [0.717, 1.165) is 0 Å². The molecule has 1 aliphatic rings. The van der Waals surface area contributed by atoms with Crippen LogP contribution in [0.5, 0.6) is 0 Å². The van der Waals surface area contributed by atoms with E-state index in [-0.39, 0.29) is 15.5 Å². The van der Waals surface area contributed by atoms with Gasteiger partial charge in [-0.25, -0.2) is 12.8 Å². The Bertz CT molecular complexity index is 1190. The minimum absolute atomic E-state index is 0.0673. The van der Waals surface area contributed by atoms with E-state index in [1.165, 1.54) is 30.3 Å². The molecule has 3 aromatic rings. The van der Waals surface area contributed by atoms with Crippen molar-refractivity contribution in [3.8, 4) is 0 Å². The van der Waals surface area contributed by atoms with E-state index in [4.69, 9.17) is 0 Å². The van der Waals surface area contributed by atoms with Crippen molar-refractivity contribution in [3.05, 3.63) is 95.1 Å². The summed E-state index contributed by atoms with van der Waals surface area (Å²) >= 11 is 0. The predicted molar refractivity (Wildman–Crippen MR) is 106 cm³/mol. The molecule has 1 heterocycles. The van der Waals surface area contributed by atoms with Crippen LogP contribution in [-0.2, 0) is 14.6 Å². The van der Waals surface area contributed by atoms with Gasteiger partial charge in [0.25, 0.3) is 5.91 Å². The van der Waals surface area contributed by atoms with Crippen LogP contribution in [0.4, 0.5) is 15.8 Å². The average molecular weight is 394 g/mol. The van der Waals surface area contributed by atoms with Crippen LogP contribution >= 0.6 is 0 Å². The maximum absolute atomic E-state index is 13.1. The molecule has 0 aliphatic carbocycles. The maximum atomic E-state index is 13.1. The number of sulfone groups is 1. The molecule has 0 spiro atoms. The van der Waals surface area contributed by atoms with Crippen molar-refractivity contribution in [1.82, 2.24) is 0 Å². The standard InChI is InChI=1S/C21H15FN2O3S/c22-14-10-12-16(13-11-14)24-21(25)20-19(23-15-6-2-1-3-7-15)17-8-4-5-9-18(17)28(20,26)27/h1-13,23H,(H,24,25). The molecule has 0 bridgehead atoms. The molecule has 1 aliphatic heterocycles. The zero-order chi connectivity index (χ0) is 19.7. The first-order valence-electron chi connectivity index (χ1n) is 8.44. The minimum atomic E-state index is -4.01. The molecule has 0 fully saturated rings. The molecular formula is C21H15FN2O3S. The normalized spacial score (nSPS) is 14.5. The first-order chi connectivity index (χ1) is 13.5. The van der Waals surface area contributed by atoms with Gasteiger partial charge in [-0.1, -0.05) is 36.4 Å². The van der Waals surface area contributed by atoms with E-state index in [2.05, 4.69) is 10.6 Å². The van der Waals surface area contributed by atoms with Crippen molar-refractivity contribution in [1.29, 1.82) is 0 Å². The summed E-state index contributed by atoms with van der Waals surface area (Å²) in [6.07, 6.45) is 0. The molecule has 4 rings (SSSR count). The van der Waals surface area contributed by atoms with E-state index >= 15 is 0 Å². The smallest absolute Gasteiger partial charge is 0.269 e. The summed E-state index contributed by atoms with van der Waals surface area (Å²) < 4.78 is 39.2. The number of carbonyl (C=O) groups is 1. The van der Waals surface area contributed by atoms with Crippen LogP contribution in [0.1, 0.15) is 5.56 Å². The van der Waals surface area contributed by atoms with Crippen LogP contribution in [0, 0.1) is 5.82 Å². The van der Waals surface area contributed by atoms with Crippen molar-refractivity contribution in [3.63, 3.8) is 0 Å². The molecule has 5 nitrogen and oxygen atoms in total. The summed E-state index contributed by atoms with van der Waals surface area (Å²) in [5.41, 5.74) is 1.58. The van der Waals surface area contributed by atoms with Gasteiger partial charge in [-0.05, 0) is 42.5 Å². The summed E-state index contributed by atoms with van der Waals surface area (Å²) in [7, 11) is -4.01. The van der Waals surface area contributed by atoms with Crippen LogP contribution < -0.4 is 10.6 Å². The largest absolute Gasteiger partial charge is 0.354 e. The molecule has 0 saturated carbocycles. The molecule has 1 amide bonds. The molecule has 7 heteroatoms. The number of rotatable bonds is 4. The van der Waals surface area contributed by atoms with Crippen molar-refractivity contribution >= 4 is 32.8 Å². The van der Waals surface area contributed by atoms with Crippen molar-refractivity contribution in [2.24, 2.45) is 0 Å². The van der Waals surface area contributed by atoms with Crippen molar-refractivity contribution in [2.45, 2.75) is 4.90 Å². The van der Waals surface area contributed by atoms with Gasteiger partial charge in [-0.15, -0.1) is 0 Å². The van der Waals surface area contributed by atoms with E-state index < -0.39 is 21.6 Å². The number of para-hydroxylation sites is 1. The number of halogens is 1. The number of nitrogens with one attached hydrogen (secondary N) is 2. The SMILES string of the molecule is O=C(Nc1ccc(F)cc1)C1=C(Nc2ccccc2)c2ccccc2S1(=O)=O. The lowest BCUT2D eigenvalue weighted by molar-refractivity contribution is -0.112. The van der Waals surface area contributed by atoms with E-state index in [1.54, 1.807) is 42.5 Å². The lowest BCUT2D eigenvalue weighted by Crippen LogP contribution is -2.20. The van der Waals surface area contributed by atoms with Gasteiger partial charge in [-0.2, -0.15) is 0 Å². The third-order valence-corrected chi connectivity index (χ3v) is 6.16. The summed E-state index contributed by atoms with van der Waals surface area (Å²) in [6, 6.07) is 20.5. The Labute approximate surface area is 161 Å². The molecular weight excluding hydrogens is 379 g/mol. The second-order valence-electron chi connectivity index (χ2n) is 6.16. The molecule has 0 unspecified atom stereocenters. The Morgan fingerprint density at radius 3 is 2.14 bits per heavy atom. The summed E-state index contributed by atoms with van der Waals surface area (Å²) in [4.78, 5) is 12.6. The van der Waals surface area contributed by atoms with E-state index in [0.29, 0.717) is 16.9 Å². The molecule has 0 aromatic heterocycles. The van der Waals surface area contributed by atoms with Crippen LogP contribution in [-0.4, -0.2) is 14.3 Å². The number of fused-ring (bicyclic) bond motifs is 1. The van der Waals surface area contributed by atoms with E-state index in [1.807, 2.05) is 6.07 Å². The number of carbonyl (C=O) groups excluding carboxylic acids is 1. The molecule has 3 aromatic carbocycles. The number of anilines is 2. The van der Waals surface area contributed by atoms with Crippen LogP contribution in [0.3, 0.4) is 0 Å². The third-order valence-electron chi connectivity index (χ3n) is 4.29. The van der Waals surface area contributed by atoms with Gasteiger partial charge in [0.15, 0.2) is 4.91 Å². The molecule has 28 heavy (non-hydrogen) atoms. The predicted octanol–water partition coefficient (Wildman–Crippen LogP) is 4.03. The second kappa shape index (κ2) is 6.94. The Hall–Kier alpha value is -3.45. The lowest BCUT2D eigenvalue weighted by atomic mass is 10.1. The van der Waals surface area contributed by atoms with Gasteiger partial charge in [0.2, 0.25) is 9.84 Å². The highest BCUT2D eigenvalue weighted by atomic mass is 32.2. The molecule has 0 saturated heterocycles. The highest BCUT2D eigenvalue weighted by Gasteiger charge is 2.40. The molecule has 0 radical (unpaired) electrons. The quantitative estimate of drug-likeness (QED) is 0.701. The van der Waals surface area contributed by atoms with Gasteiger partial charge in [0.05, 0.1) is 10.6 Å². The van der Waals surface area contributed by atoms with Gasteiger partial charge in [0, 0.05) is 16.9 Å². The van der Waals surface area contributed by atoms with Crippen molar-refractivity contribution < 1.29 is 17.6 Å². The highest BCUT2D eigenvalue weighted by Crippen LogP contribution is 2.39. The first kappa shape index (κ1) is 17.9. The van der Waals surface area contributed by atoms with Crippen LogP contribution in [0.2, 0.25) is 0 Å². The Balaban J connectivity index is 1.80.